The Labute approximate surface area is 135 Å². The highest BCUT2D eigenvalue weighted by molar-refractivity contribution is 5.76. The summed E-state index contributed by atoms with van der Waals surface area (Å²) in [7, 11) is 0. The number of nitrogens with one attached hydrogen (secondary N) is 2. The first-order chi connectivity index (χ1) is 10.6. The molecule has 0 aromatic rings. The monoisotopic (exact) mass is 314 g/mol. The van der Waals surface area contributed by atoms with Gasteiger partial charge in [-0.05, 0) is 12.8 Å². The number of hydrogen-bond acceptors (Lipinski definition) is 3. The van der Waals surface area contributed by atoms with Crippen molar-refractivity contribution in [3.8, 4) is 0 Å². The number of carbonyl (C=O) groups is 2. The second kappa shape index (κ2) is 14.8. The van der Waals surface area contributed by atoms with Crippen LogP contribution in [-0.4, -0.2) is 29.7 Å². The molecule has 1 unspecified atom stereocenters. The number of amides is 1. The SMILES string of the molecule is CCCCCCCCCCCC(=O)NC(CC)NCC(=O)O. The van der Waals surface area contributed by atoms with Gasteiger partial charge in [0, 0.05) is 6.42 Å². The van der Waals surface area contributed by atoms with Crippen molar-refractivity contribution >= 4 is 11.9 Å². The lowest BCUT2D eigenvalue weighted by Crippen LogP contribution is -2.46. The van der Waals surface area contributed by atoms with Crippen molar-refractivity contribution in [2.45, 2.75) is 90.6 Å². The van der Waals surface area contributed by atoms with Crippen LogP contribution in [0.5, 0.6) is 0 Å². The molecule has 0 aliphatic heterocycles. The minimum absolute atomic E-state index is 0.00712. The largest absolute Gasteiger partial charge is 0.480 e. The van der Waals surface area contributed by atoms with E-state index in [-0.39, 0.29) is 18.6 Å². The fourth-order valence-electron chi connectivity index (χ4n) is 2.37. The number of carbonyl (C=O) groups excluding carboxylic acids is 1. The maximum absolute atomic E-state index is 11.8. The number of hydrogen-bond donors (Lipinski definition) is 3. The van der Waals surface area contributed by atoms with Gasteiger partial charge in [0.05, 0.1) is 12.7 Å². The van der Waals surface area contributed by atoms with Crippen molar-refractivity contribution in [1.82, 2.24) is 10.6 Å². The topological polar surface area (TPSA) is 78.4 Å². The summed E-state index contributed by atoms with van der Waals surface area (Å²) in [6.07, 6.45) is 12.1. The van der Waals surface area contributed by atoms with E-state index in [2.05, 4.69) is 17.6 Å². The van der Waals surface area contributed by atoms with Crippen LogP contribution < -0.4 is 10.6 Å². The number of rotatable bonds is 15. The van der Waals surface area contributed by atoms with Crippen molar-refractivity contribution in [2.75, 3.05) is 6.54 Å². The Morgan fingerprint density at radius 2 is 1.45 bits per heavy atom. The Hall–Kier alpha value is -1.10. The third-order valence-corrected chi connectivity index (χ3v) is 3.75. The van der Waals surface area contributed by atoms with Crippen LogP contribution in [0, 0.1) is 0 Å². The molecule has 1 atom stereocenters. The first kappa shape index (κ1) is 20.9. The van der Waals surface area contributed by atoms with Gasteiger partial charge >= 0.3 is 5.97 Å². The zero-order chi connectivity index (χ0) is 16.6. The first-order valence-corrected chi connectivity index (χ1v) is 8.84. The van der Waals surface area contributed by atoms with E-state index in [9.17, 15) is 9.59 Å². The number of unbranched alkanes of at least 4 members (excludes halogenated alkanes) is 8. The van der Waals surface area contributed by atoms with Gasteiger partial charge in [-0.25, -0.2) is 0 Å². The molecule has 0 heterocycles. The zero-order valence-corrected chi connectivity index (χ0v) is 14.3. The fraction of sp³-hybridized carbons (Fsp3) is 0.882. The molecule has 1 amide bonds. The maximum Gasteiger partial charge on any atom is 0.317 e. The molecule has 0 fully saturated rings. The van der Waals surface area contributed by atoms with E-state index < -0.39 is 5.97 Å². The van der Waals surface area contributed by atoms with E-state index in [0.29, 0.717) is 12.8 Å². The summed E-state index contributed by atoms with van der Waals surface area (Å²) in [6, 6.07) is 0. The van der Waals surface area contributed by atoms with Crippen LogP contribution in [0.1, 0.15) is 84.5 Å². The Balaban J connectivity index is 3.49. The summed E-state index contributed by atoms with van der Waals surface area (Å²) in [5.41, 5.74) is 0. The Morgan fingerprint density at radius 3 is 1.95 bits per heavy atom. The summed E-state index contributed by atoms with van der Waals surface area (Å²) >= 11 is 0. The predicted molar refractivity (Wildman–Crippen MR) is 89.7 cm³/mol. The minimum atomic E-state index is -0.911. The smallest absolute Gasteiger partial charge is 0.317 e. The fourth-order valence-corrected chi connectivity index (χ4v) is 2.37. The Kier molecular flexibility index (Phi) is 14.1. The zero-order valence-electron chi connectivity index (χ0n) is 14.3. The molecule has 130 valence electrons. The van der Waals surface area contributed by atoms with Gasteiger partial charge in [-0.3, -0.25) is 14.9 Å². The van der Waals surface area contributed by atoms with E-state index in [1.54, 1.807) is 0 Å². The number of aliphatic carboxylic acids is 1. The van der Waals surface area contributed by atoms with Gasteiger partial charge in [0.1, 0.15) is 0 Å². The molecule has 3 N–H and O–H groups in total. The molecular weight excluding hydrogens is 280 g/mol. The van der Waals surface area contributed by atoms with Crippen molar-refractivity contribution in [1.29, 1.82) is 0 Å². The van der Waals surface area contributed by atoms with Gasteiger partial charge in [-0.15, -0.1) is 0 Å². The molecule has 0 aromatic carbocycles. The predicted octanol–water partition coefficient (Wildman–Crippen LogP) is 3.43. The van der Waals surface area contributed by atoms with Crippen LogP contribution in [0.25, 0.3) is 0 Å². The lowest BCUT2D eigenvalue weighted by molar-refractivity contribution is -0.136. The summed E-state index contributed by atoms with van der Waals surface area (Å²) in [4.78, 5) is 22.3. The van der Waals surface area contributed by atoms with Gasteiger partial charge in [0.15, 0.2) is 0 Å². The summed E-state index contributed by atoms with van der Waals surface area (Å²) < 4.78 is 0. The average Bonchev–Trinajstić information content (AvgIpc) is 2.49. The van der Waals surface area contributed by atoms with Crippen molar-refractivity contribution < 1.29 is 14.7 Å². The van der Waals surface area contributed by atoms with Crippen molar-refractivity contribution in [2.24, 2.45) is 0 Å². The highest BCUT2D eigenvalue weighted by Gasteiger charge is 2.10. The molecule has 0 saturated carbocycles. The standard InChI is InChI=1S/C17H34N2O3/c1-3-5-6-7-8-9-10-11-12-13-16(20)19-15(4-2)18-14-17(21)22/h15,18H,3-14H2,1-2H3,(H,19,20)(H,21,22). The summed E-state index contributed by atoms with van der Waals surface area (Å²) in [5, 5.41) is 14.2. The van der Waals surface area contributed by atoms with E-state index in [0.717, 1.165) is 12.8 Å². The average molecular weight is 314 g/mol. The third-order valence-electron chi connectivity index (χ3n) is 3.75. The quantitative estimate of drug-likeness (QED) is 0.320. The molecule has 5 nitrogen and oxygen atoms in total. The lowest BCUT2D eigenvalue weighted by Gasteiger charge is -2.17. The molecule has 0 radical (unpaired) electrons. The normalized spacial score (nSPS) is 12.1. The van der Waals surface area contributed by atoms with Gasteiger partial charge in [0.2, 0.25) is 5.91 Å². The summed E-state index contributed by atoms with van der Waals surface area (Å²) in [6.45, 7) is 4.01. The Bertz CT molecular complexity index is 296. The van der Waals surface area contributed by atoms with Crippen LogP contribution in [-0.2, 0) is 9.59 Å². The van der Waals surface area contributed by atoms with E-state index in [4.69, 9.17) is 5.11 Å². The lowest BCUT2D eigenvalue weighted by atomic mass is 10.1. The molecule has 22 heavy (non-hydrogen) atoms. The van der Waals surface area contributed by atoms with Gasteiger partial charge in [-0.2, -0.15) is 0 Å². The number of carboxylic acid groups (broad SMARTS) is 1. The molecule has 0 aliphatic rings. The van der Waals surface area contributed by atoms with Gasteiger partial charge in [0.25, 0.3) is 0 Å². The van der Waals surface area contributed by atoms with Gasteiger partial charge in [-0.1, -0.05) is 65.2 Å². The van der Waals surface area contributed by atoms with Crippen molar-refractivity contribution in [3.05, 3.63) is 0 Å². The number of carboxylic acids is 1. The molecule has 0 rings (SSSR count). The second-order valence-corrected chi connectivity index (χ2v) is 5.88. The van der Waals surface area contributed by atoms with Crippen LogP contribution in [0.15, 0.2) is 0 Å². The Morgan fingerprint density at radius 1 is 0.909 bits per heavy atom. The second-order valence-electron chi connectivity index (χ2n) is 5.88. The van der Waals surface area contributed by atoms with Crippen LogP contribution >= 0.6 is 0 Å². The highest BCUT2D eigenvalue weighted by atomic mass is 16.4. The molecule has 0 bridgehead atoms. The third kappa shape index (κ3) is 13.9. The summed E-state index contributed by atoms with van der Waals surface area (Å²) in [5.74, 6) is -0.903. The maximum atomic E-state index is 11.8. The van der Waals surface area contributed by atoms with Gasteiger partial charge < -0.3 is 10.4 Å². The molecule has 5 heteroatoms. The van der Waals surface area contributed by atoms with Crippen LogP contribution in [0.2, 0.25) is 0 Å². The van der Waals surface area contributed by atoms with E-state index >= 15 is 0 Å². The molecule has 0 spiro atoms. The minimum Gasteiger partial charge on any atom is -0.480 e. The molecule has 0 aromatic heterocycles. The first-order valence-electron chi connectivity index (χ1n) is 8.84. The van der Waals surface area contributed by atoms with Crippen LogP contribution in [0.4, 0.5) is 0 Å². The molecular formula is C17H34N2O3. The van der Waals surface area contributed by atoms with E-state index in [1.165, 1.54) is 44.9 Å². The van der Waals surface area contributed by atoms with E-state index in [1.807, 2.05) is 6.92 Å². The molecule has 0 aliphatic carbocycles. The van der Waals surface area contributed by atoms with Crippen molar-refractivity contribution in [3.63, 3.8) is 0 Å². The van der Waals surface area contributed by atoms with Crippen LogP contribution in [0.3, 0.4) is 0 Å². The molecule has 0 saturated heterocycles. The highest BCUT2D eigenvalue weighted by Crippen LogP contribution is 2.10.